The third-order valence-electron chi connectivity index (χ3n) is 3.17. The summed E-state index contributed by atoms with van der Waals surface area (Å²) in [7, 11) is 0. The molecule has 1 unspecified atom stereocenters. The van der Waals surface area contributed by atoms with Crippen LogP contribution in [0.4, 0.5) is 10.8 Å². The molecule has 0 aliphatic carbocycles. The fourth-order valence-electron chi connectivity index (χ4n) is 2.28. The molecule has 2 heterocycles. The summed E-state index contributed by atoms with van der Waals surface area (Å²) in [6, 6.07) is 0. The third kappa shape index (κ3) is 3.16. The summed E-state index contributed by atoms with van der Waals surface area (Å²) < 4.78 is 9.82. The normalized spacial score (nSPS) is 19.6. The first-order valence-corrected chi connectivity index (χ1v) is 7.32. The van der Waals surface area contributed by atoms with E-state index >= 15 is 0 Å². The molecule has 1 amide bonds. The number of rotatable bonds is 5. The predicted octanol–water partition coefficient (Wildman–Crippen LogP) is 1.22. The number of ether oxygens (including phenoxy) is 1. The van der Waals surface area contributed by atoms with Gasteiger partial charge in [-0.05, 0) is 30.8 Å². The van der Waals surface area contributed by atoms with Crippen LogP contribution in [0.3, 0.4) is 0 Å². The zero-order valence-electron chi connectivity index (χ0n) is 11.1. The Morgan fingerprint density at radius 3 is 3.11 bits per heavy atom. The maximum atomic E-state index is 11.5. The largest absolute Gasteiger partial charge is 0.382 e. The number of hydrogen-bond acceptors (Lipinski definition) is 6. The Balaban J connectivity index is 2.11. The molecule has 0 radical (unpaired) electrons. The second-order valence-corrected chi connectivity index (χ2v) is 5.45. The van der Waals surface area contributed by atoms with Crippen molar-refractivity contribution < 1.29 is 9.53 Å². The molecule has 4 N–H and O–H groups in total. The number of nitrogens with zero attached hydrogens (tertiary/aromatic N) is 2. The second-order valence-electron chi connectivity index (χ2n) is 4.69. The molecular weight excluding hydrogens is 264 g/mol. The van der Waals surface area contributed by atoms with Gasteiger partial charge in [0.2, 0.25) is 0 Å². The summed E-state index contributed by atoms with van der Waals surface area (Å²) in [5.41, 5.74) is 11.4. The molecule has 19 heavy (non-hydrogen) atoms. The van der Waals surface area contributed by atoms with E-state index in [1.165, 1.54) is 11.5 Å². The number of carbonyl (C=O) groups is 1. The molecule has 1 saturated heterocycles. The number of hydrogen-bond donors (Lipinski definition) is 2. The molecule has 1 aliphatic rings. The molecule has 2 rings (SSSR count). The van der Waals surface area contributed by atoms with E-state index in [-0.39, 0.29) is 11.9 Å². The number of primary amides is 1. The van der Waals surface area contributed by atoms with Gasteiger partial charge in [0.15, 0.2) is 5.82 Å². The number of anilines is 2. The SMILES string of the molecule is CCCOC1CCCN(c2snc(N)c2C(N)=O)C1. The zero-order chi connectivity index (χ0) is 13.8. The van der Waals surface area contributed by atoms with E-state index in [1.54, 1.807) is 0 Å². The van der Waals surface area contributed by atoms with Crippen molar-refractivity contribution >= 4 is 28.3 Å². The maximum Gasteiger partial charge on any atom is 0.255 e. The minimum absolute atomic E-state index is 0.206. The summed E-state index contributed by atoms with van der Waals surface area (Å²) in [6.45, 7) is 4.51. The summed E-state index contributed by atoms with van der Waals surface area (Å²) >= 11 is 1.23. The van der Waals surface area contributed by atoms with Gasteiger partial charge in [0.05, 0.1) is 6.10 Å². The van der Waals surface area contributed by atoms with Crippen LogP contribution in [-0.4, -0.2) is 36.1 Å². The van der Waals surface area contributed by atoms with Gasteiger partial charge in [-0.1, -0.05) is 6.92 Å². The molecular formula is C12H20N4O2S. The topological polar surface area (TPSA) is 94.5 Å². The lowest BCUT2D eigenvalue weighted by atomic mass is 10.1. The molecule has 7 heteroatoms. The van der Waals surface area contributed by atoms with E-state index in [4.69, 9.17) is 16.2 Å². The minimum Gasteiger partial charge on any atom is -0.382 e. The molecule has 106 valence electrons. The van der Waals surface area contributed by atoms with Crippen molar-refractivity contribution in [3.8, 4) is 0 Å². The quantitative estimate of drug-likeness (QED) is 0.847. The molecule has 0 aromatic carbocycles. The smallest absolute Gasteiger partial charge is 0.255 e. The Bertz CT molecular complexity index is 449. The van der Waals surface area contributed by atoms with Crippen molar-refractivity contribution in [1.29, 1.82) is 0 Å². The lowest BCUT2D eigenvalue weighted by Gasteiger charge is -2.33. The average molecular weight is 284 g/mol. The maximum absolute atomic E-state index is 11.5. The molecule has 1 atom stereocenters. The number of nitrogens with two attached hydrogens (primary N) is 2. The van der Waals surface area contributed by atoms with Gasteiger partial charge in [0, 0.05) is 19.7 Å². The Morgan fingerprint density at radius 2 is 2.42 bits per heavy atom. The highest BCUT2D eigenvalue weighted by Gasteiger charge is 2.26. The van der Waals surface area contributed by atoms with Crippen LogP contribution in [0.2, 0.25) is 0 Å². The van der Waals surface area contributed by atoms with E-state index in [1.807, 2.05) is 0 Å². The minimum atomic E-state index is -0.516. The van der Waals surface area contributed by atoms with Crippen LogP contribution in [0.1, 0.15) is 36.5 Å². The van der Waals surface area contributed by atoms with Gasteiger partial charge in [0.1, 0.15) is 10.6 Å². The predicted molar refractivity (Wildman–Crippen MR) is 76.5 cm³/mol. The Hall–Kier alpha value is -1.34. The van der Waals surface area contributed by atoms with Gasteiger partial charge in [-0.3, -0.25) is 4.79 Å². The van der Waals surface area contributed by atoms with Crippen LogP contribution in [0.25, 0.3) is 0 Å². The lowest BCUT2D eigenvalue weighted by molar-refractivity contribution is 0.0441. The van der Waals surface area contributed by atoms with Gasteiger partial charge in [-0.2, -0.15) is 4.37 Å². The molecule has 0 saturated carbocycles. The van der Waals surface area contributed by atoms with Gasteiger partial charge >= 0.3 is 0 Å². The van der Waals surface area contributed by atoms with Crippen molar-refractivity contribution in [1.82, 2.24) is 4.37 Å². The first kappa shape index (κ1) is 14.1. The van der Waals surface area contributed by atoms with Gasteiger partial charge in [-0.15, -0.1) is 0 Å². The second kappa shape index (κ2) is 6.21. The van der Waals surface area contributed by atoms with Gasteiger partial charge < -0.3 is 21.1 Å². The average Bonchev–Trinajstić information content (AvgIpc) is 2.79. The molecule has 1 aromatic heterocycles. The van der Waals surface area contributed by atoms with Crippen molar-refractivity contribution in [3.63, 3.8) is 0 Å². The number of amides is 1. The third-order valence-corrected chi connectivity index (χ3v) is 4.09. The summed E-state index contributed by atoms with van der Waals surface area (Å²) in [5, 5.41) is 0.773. The summed E-state index contributed by atoms with van der Waals surface area (Å²) in [6.07, 6.45) is 3.30. The number of nitrogen functional groups attached to an aromatic ring is 1. The van der Waals surface area contributed by atoms with Crippen LogP contribution in [0, 0.1) is 0 Å². The highest BCUT2D eigenvalue weighted by molar-refractivity contribution is 7.11. The van der Waals surface area contributed by atoms with Crippen molar-refractivity contribution in [3.05, 3.63) is 5.56 Å². The van der Waals surface area contributed by atoms with E-state index in [2.05, 4.69) is 16.2 Å². The van der Waals surface area contributed by atoms with Crippen molar-refractivity contribution in [2.24, 2.45) is 5.73 Å². The summed E-state index contributed by atoms with van der Waals surface area (Å²) in [4.78, 5) is 13.6. The Kier molecular flexibility index (Phi) is 4.60. The first-order valence-electron chi connectivity index (χ1n) is 6.55. The standard InChI is InChI=1S/C12H20N4O2S/c1-2-6-18-8-4-3-5-16(7-8)12-9(11(14)17)10(13)15-19-12/h8H,2-7H2,1H3,(H2,13,15)(H2,14,17). The van der Waals surface area contributed by atoms with Crippen LogP contribution in [0.15, 0.2) is 0 Å². The number of piperidine rings is 1. The zero-order valence-corrected chi connectivity index (χ0v) is 11.9. The summed E-state index contributed by atoms with van der Waals surface area (Å²) in [5.74, 6) is -0.290. The van der Waals surface area contributed by atoms with Gasteiger partial charge in [-0.25, -0.2) is 0 Å². The molecule has 1 aliphatic heterocycles. The molecule has 0 spiro atoms. The molecule has 1 fully saturated rings. The fraction of sp³-hybridized carbons (Fsp3) is 0.667. The van der Waals surface area contributed by atoms with Crippen LogP contribution in [-0.2, 0) is 4.74 Å². The lowest BCUT2D eigenvalue weighted by Crippen LogP contribution is -2.40. The van der Waals surface area contributed by atoms with E-state index in [0.717, 1.165) is 44.0 Å². The van der Waals surface area contributed by atoms with Crippen LogP contribution >= 0.6 is 11.5 Å². The van der Waals surface area contributed by atoms with E-state index < -0.39 is 5.91 Å². The molecule has 1 aromatic rings. The van der Waals surface area contributed by atoms with Gasteiger partial charge in [0.25, 0.3) is 5.91 Å². The molecule has 0 bridgehead atoms. The van der Waals surface area contributed by atoms with Crippen molar-refractivity contribution in [2.45, 2.75) is 32.3 Å². The number of carbonyl (C=O) groups excluding carboxylic acids is 1. The van der Waals surface area contributed by atoms with E-state index in [0.29, 0.717) is 5.56 Å². The van der Waals surface area contributed by atoms with Crippen LogP contribution < -0.4 is 16.4 Å². The van der Waals surface area contributed by atoms with E-state index in [9.17, 15) is 4.79 Å². The molecule has 6 nitrogen and oxygen atoms in total. The highest BCUT2D eigenvalue weighted by Crippen LogP contribution is 2.32. The highest BCUT2D eigenvalue weighted by atomic mass is 32.1. The van der Waals surface area contributed by atoms with Crippen molar-refractivity contribution in [2.75, 3.05) is 30.3 Å². The number of aromatic nitrogens is 1. The Morgan fingerprint density at radius 1 is 1.63 bits per heavy atom. The fourth-order valence-corrected chi connectivity index (χ4v) is 3.14. The van der Waals surface area contributed by atoms with Crippen LogP contribution in [0.5, 0.6) is 0 Å². The monoisotopic (exact) mass is 284 g/mol. The Labute approximate surface area is 116 Å². The first-order chi connectivity index (χ1) is 9.13.